The zero-order valence-electron chi connectivity index (χ0n) is 17.7. The van der Waals surface area contributed by atoms with Gasteiger partial charge in [0.2, 0.25) is 5.91 Å². The molecule has 32 heavy (non-hydrogen) atoms. The van der Waals surface area contributed by atoms with E-state index in [9.17, 15) is 24.5 Å². The number of benzene rings is 1. The van der Waals surface area contributed by atoms with Gasteiger partial charge in [-0.2, -0.15) is 0 Å². The van der Waals surface area contributed by atoms with E-state index in [0.717, 1.165) is 17.8 Å². The minimum Gasteiger partial charge on any atom is -0.495 e. The summed E-state index contributed by atoms with van der Waals surface area (Å²) in [6, 6.07) is 5.27. The average Bonchev–Trinajstić information content (AvgIpc) is 3.16. The molecule has 2 aromatic rings. The van der Waals surface area contributed by atoms with Crippen LogP contribution in [0.2, 0.25) is 0 Å². The predicted molar refractivity (Wildman–Crippen MR) is 116 cm³/mol. The third kappa shape index (κ3) is 6.97. The Balaban J connectivity index is 1.85. The minimum absolute atomic E-state index is 0.0670. The maximum absolute atomic E-state index is 12.3. The van der Waals surface area contributed by atoms with Crippen LogP contribution in [-0.4, -0.2) is 52.1 Å². The van der Waals surface area contributed by atoms with E-state index in [2.05, 4.69) is 15.8 Å². The second kappa shape index (κ2) is 11.1. The highest BCUT2D eigenvalue weighted by Crippen LogP contribution is 2.29. The fourth-order valence-electron chi connectivity index (χ4n) is 2.35. The van der Waals surface area contributed by atoms with Crippen LogP contribution in [0.1, 0.15) is 19.6 Å². The van der Waals surface area contributed by atoms with Gasteiger partial charge in [0.05, 0.1) is 28.7 Å². The van der Waals surface area contributed by atoms with Gasteiger partial charge in [0.25, 0.3) is 11.6 Å². The quantitative estimate of drug-likeness (QED) is 0.302. The Morgan fingerprint density at radius 1 is 1.22 bits per heavy atom. The number of aromatic nitrogens is 1. The molecule has 2 N–H and O–H groups in total. The largest absolute Gasteiger partial charge is 0.495 e. The van der Waals surface area contributed by atoms with Gasteiger partial charge in [0.1, 0.15) is 11.5 Å². The van der Waals surface area contributed by atoms with Gasteiger partial charge in [0, 0.05) is 18.2 Å². The van der Waals surface area contributed by atoms with Gasteiger partial charge >= 0.3 is 5.97 Å². The Morgan fingerprint density at radius 2 is 1.94 bits per heavy atom. The number of nitrogens with zero attached hydrogens (tertiary/aromatic N) is 2. The molecule has 2 atom stereocenters. The van der Waals surface area contributed by atoms with Crippen molar-refractivity contribution in [3.05, 3.63) is 40.1 Å². The highest BCUT2D eigenvalue weighted by atomic mass is 32.2. The second-order valence-corrected chi connectivity index (χ2v) is 7.86. The van der Waals surface area contributed by atoms with Gasteiger partial charge in [-0.3, -0.25) is 24.5 Å². The van der Waals surface area contributed by atoms with E-state index in [4.69, 9.17) is 14.0 Å². The lowest BCUT2D eigenvalue weighted by atomic mass is 10.2. The van der Waals surface area contributed by atoms with Crippen LogP contribution in [0.3, 0.4) is 0 Å². The van der Waals surface area contributed by atoms with Crippen molar-refractivity contribution in [1.82, 2.24) is 5.16 Å². The van der Waals surface area contributed by atoms with Crippen molar-refractivity contribution >= 4 is 46.7 Å². The molecule has 0 aliphatic rings. The van der Waals surface area contributed by atoms with Crippen LogP contribution in [0.5, 0.6) is 5.75 Å². The van der Waals surface area contributed by atoms with Crippen molar-refractivity contribution in [3.63, 3.8) is 0 Å². The summed E-state index contributed by atoms with van der Waals surface area (Å²) in [5, 5.41) is 19.0. The summed E-state index contributed by atoms with van der Waals surface area (Å²) in [6.07, 6.45) is -1.19. The first-order valence-corrected chi connectivity index (χ1v) is 10.3. The fraction of sp³-hybridized carbons (Fsp3) is 0.368. The number of nitrogens with one attached hydrogen (secondary N) is 2. The van der Waals surface area contributed by atoms with E-state index in [1.807, 2.05) is 0 Å². The third-order valence-electron chi connectivity index (χ3n) is 4.03. The molecule has 1 aromatic carbocycles. The molecule has 2 rings (SSSR count). The zero-order chi connectivity index (χ0) is 23.8. The van der Waals surface area contributed by atoms with Gasteiger partial charge in [-0.25, -0.2) is 0 Å². The van der Waals surface area contributed by atoms with Crippen molar-refractivity contribution in [2.75, 3.05) is 23.5 Å². The van der Waals surface area contributed by atoms with Crippen molar-refractivity contribution in [2.45, 2.75) is 32.1 Å². The molecule has 0 saturated carbocycles. The number of non-ortho nitro benzene ring substituents is 1. The molecule has 0 spiro atoms. The Bertz CT molecular complexity index is 1010. The number of carbonyl (C=O) groups excluding carboxylic acids is 3. The van der Waals surface area contributed by atoms with E-state index in [1.54, 1.807) is 19.9 Å². The van der Waals surface area contributed by atoms with Gasteiger partial charge in [-0.1, -0.05) is 5.16 Å². The fourth-order valence-corrected chi connectivity index (χ4v) is 3.01. The van der Waals surface area contributed by atoms with E-state index in [-0.39, 0.29) is 34.6 Å². The van der Waals surface area contributed by atoms with Gasteiger partial charge in [-0.15, -0.1) is 11.8 Å². The SMILES string of the molecule is COc1ccc([N+](=O)[O-])cc1NC(=O)[C@@H](C)OC(=O)CS[C@@H](C)C(=O)Nc1cc(C)on1. The summed E-state index contributed by atoms with van der Waals surface area (Å²) in [7, 11) is 1.35. The standard InChI is InChI=1S/C19H22N4O8S/c1-10-7-16(22-31-10)21-19(26)12(3)32-9-17(24)30-11(2)18(25)20-14-8-13(23(27)28)5-6-15(14)29-4/h5-8,11-12H,9H2,1-4H3,(H,20,25)(H,21,22,26)/t11-,12+/m1/s1. The molecule has 0 unspecified atom stereocenters. The maximum Gasteiger partial charge on any atom is 0.316 e. The molecular formula is C19H22N4O8S. The van der Waals surface area contributed by atoms with Crippen LogP contribution in [0.4, 0.5) is 17.2 Å². The van der Waals surface area contributed by atoms with Crippen molar-refractivity contribution in [1.29, 1.82) is 0 Å². The summed E-state index contributed by atoms with van der Waals surface area (Å²) in [5.41, 5.74) is -0.174. The Kier molecular flexibility index (Phi) is 8.58. The lowest BCUT2D eigenvalue weighted by Crippen LogP contribution is -2.31. The van der Waals surface area contributed by atoms with Crippen molar-refractivity contribution in [2.24, 2.45) is 0 Å². The zero-order valence-corrected chi connectivity index (χ0v) is 18.6. The number of carbonyl (C=O) groups is 3. The summed E-state index contributed by atoms with van der Waals surface area (Å²) < 4.78 is 15.0. The van der Waals surface area contributed by atoms with Crippen LogP contribution in [0, 0.1) is 17.0 Å². The topological polar surface area (TPSA) is 163 Å². The first kappa shape index (κ1) is 24.7. The van der Waals surface area contributed by atoms with Gasteiger partial charge in [-0.05, 0) is 26.8 Å². The van der Waals surface area contributed by atoms with Crippen molar-refractivity contribution in [3.8, 4) is 5.75 Å². The number of esters is 1. The lowest BCUT2D eigenvalue weighted by Gasteiger charge is -2.15. The molecule has 0 aliphatic heterocycles. The number of amides is 2. The molecule has 0 aliphatic carbocycles. The average molecular weight is 466 g/mol. The van der Waals surface area contributed by atoms with Gasteiger partial charge < -0.3 is 24.6 Å². The summed E-state index contributed by atoms with van der Waals surface area (Å²) in [6.45, 7) is 4.64. The first-order chi connectivity index (χ1) is 15.1. The van der Waals surface area contributed by atoms with E-state index in [0.29, 0.717) is 5.76 Å². The first-order valence-electron chi connectivity index (χ1n) is 9.29. The molecule has 0 bridgehead atoms. The lowest BCUT2D eigenvalue weighted by molar-refractivity contribution is -0.384. The number of thioether (sulfide) groups is 1. The number of hydrogen-bond acceptors (Lipinski definition) is 10. The van der Waals surface area contributed by atoms with Crippen LogP contribution in [0.25, 0.3) is 0 Å². The van der Waals surface area contributed by atoms with Crippen molar-refractivity contribution < 1.29 is 33.3 Å². The smallest absolute Gasteiger partial charge is 0.316 e. The van der Waals surface area contributed by atoms with Crippen LogP contribution < -0.4 is 15.4 Å². The number of anilines is 2. The molecular weight excluding hydrogens is 444 g/mol. The molecule has 1 aromatic heterocycles. The van der Waals surface area contributed by atoms with E-state index >= 15 is 0 Å². The van der Waals surface area contributed by atoms with Crippen LogP contribution >= 0.6 is 11.8 Å². The normalized spacial score (nSPS) is 12.4. The number of methoxy groups -OCH3 is 1. The number of rotatable bonds is 10. The molecule has 12 nitrogen and oxygen atoms in total. The van der Waals surface area contributed by atoms with E-state index in [1.165, 1.54) is 26.2 Å². The monoisotopic (exact) mass is 466 g/mol. The van der Waals surface area contributed by atoms with Gasteiger partial charge in [0.15, 0.2) is 11.9 Å². The summed E-state index contributed by atoms with van der Waals surface area (Å²) >= 11 is 1.02. The van der Waals surface area contributed by atoms with Crippen LogP contribution in [-0.2, 0) is 19.1 Å². The molecule has 0 fully saturated rings. The highest BCUT2D eigenvalue weighted by Gasteiger charge is 2.22. The van der Waals surface area contributed by atoms with E-state index < -0.39 is 28.2 Å². The number of ether oxygens (including phenoxy) is 2. The summed E-state index contributed by atoms with van der Waals surface area (Å²) in [5.74, 6) is -0.942. The maximum atomic E-state index is 12.3. The predicted octanol–water partition coefficient (Wildman–Crippen LogP) is 2.53. The molecule has 0 saturated heterocycles. The highest BCUT2D eigenvalue weighted by molar-refractivity contribution is 8.01. The Hall–Kier alpha value is -3.61. The molecule has 1 heterocycles. The third-order valence-corrected chi connectivity index (χ3v) is 5.15. The number of nitro groups is 1. The van der Waals surface area contributed by atoms with Crippen LogP contribution in [0.15, 0.2) is 28.8 Å². The minimum atomic E-state index is -1.19. The summed E-state index contributed by atoms with van der Waals surface area (Å²) in [4.78, 5) is 46.9. The Morgan fingerprint density at radius 3 is 2.53 bits per heavy atom. The second-order valence-electron chi connectivity index (χ2n) is 6.53. The number of hydrogen-bond donors (Lipinski definition) is 2. The molecule has 0 radical (unpaired) electrons. The Labute approximate surface area is 187 Å². The molecule has 2 amide bonds. The molecule has 172 valence electrons. The molecule has 13 heteroatoms. The number of nitro benzene ring substituents is 1. The number of aryl methyl sites for hydroxylation is 1.